The van der Waals surface area contributed by atoms with Crippen molar-refractivity contribution in [2.75, 3.05) is 43.1 Å². The van der Waals surface area contributed by atoms with Crippen molar-refractivity contribution >= 4 is 23.5 Å². The van der Waals surface area contributed by atoms with Gasteiger partial charge in [0.15, 0.2) is 5.82 Å². The molecule has 8 nitrogen and oxygen atoms in total. The van der Waals surface area contributed by atoms with E-state index in [-0.39, 0.29) is 23.8 Å². The molecule has 1 amide bonds. The smallest absolute Gasteiger partial charge is 0.229 e. The van der Waals surface area contributed by atoms with E-state index in [1.165, 1.54) is 0 Å². The van der Waals surface area contributed by atoms with Gasteiger partial charge in [-0.15, -0.1) is 0 Å². The third kappa shape index (κ3) is 4.71. The van der Waals surface area contributed by atoms with Crippen molar-refractivity contribution in [3.05, 3.63) is 36.2 Å². The Kier molecular flexibility index (Phi) is 5.85. The van der Waals surface area contributed by atoms with E-state index in [9.17, 15) is 4.79 Å². The lowest BCUT2D eigenvalue weighted by Crippen LogP contribution is -2.42. The summed E-state index contributed by atoms with van der Waals surface area (Å²) in [5.41, 5.74) is 6.68. The number of hydrogen-bond donors (Lipinski definition) is 2. The molecular weight excluding hydrogens is 342 g/mol. The normalized spacial score (nSPS) is 18.7. The SMILES string of the molecule is C[C@H](c1nc(N)nc(N(C)C)n1)N1CCC[C@H](C(=O)Nc2ccccc2)C1. The maximum Gasteiger partial charge on any atom is 0.229 e. The van der Waals surface area contributed by atoms with Gasteiger partial charge in [0.05, 0.1) is 12.0 Å². The number of amides is 1. The zero-order valence-corrected chi connectivity index (χ0v) is 16.1. The number of nitrogens with one attached hydrogen (secondary N) is 1. The molecule has 0 spiro atoms. The molecular formula is C19H27N7O. The minimum Gasteiger partial charge on any atom is -0.368 e. The molecule has 3 rings (SSSR count). The fourth-order valence-electron chi connectivity index (χ4n) is 3.29. The van der Waals surface area contributed by atoms with Crippen molar-refractivity contribution < 1.29 is 4.79 Å². The first-order valence-corrected chi connectivity index (χ1v) is 9.23. The van der Waals surface area contributed by atoms with E-state index in [2.05, 4.69) is 25.2 Å². The Morgan fingerprint density at radius 2 is 2.00 bits per heavy atom. The number of anilines is 3. The van der Waals surface area contributed by atoms with E-state index in [1.54, 1.807) is 4.90 Å². The number of piperidine rings is 1. The molecule has 0 aliphatic carbocycles. The average molecular weight is 369 g/mol. The van der Waals surface area contributed by atoms with E-state index in [4.69, 9.17) is 5.73 Å². The molecule has 2 atom stereocenters. The molecule has 1 fully saturated rings. The van der Waals surface area contributed by atoms with Crippen LogP contribution in [-0.2, 0) is 4.79 Å². The Hall–Kier alpha value is -2.74. The van der Waals surface area contributed by atoms with Gasteiger partial charge in [-0.3, -0.25) is 9.69 Å². The maximum atomic E-state index is 12.7. The summed E-state index contributed by atoms with van der Waals surface area (Å²) in [4.78, 5) is 29.7. The highest BCUT2D eigenvalue weighted by atomic mass is 16.1. The first-order chi connectivity index (χ1) is 12.9. The highest BCUT2D eigenvalue weighted by Crippen LogP contribution is 2.26. The highest BCUT2D eigenvalue weighted by Gasteiger charge is 2.30. The molecule has 3 N–H and O–H groups in total. The predicted molar refractivity (Wildman–Crippen MR) is 106 cm³/mol. The number of carbonyl (C=O) groups is 1. The quantitative estimate of drug-likeness (QED) is 0.830. The maximum absolute atomic E-state index is 12.7. The summed E-state index contributed by atoms with van der Waals surface area (Å²) in [6.45, 7) is 3.62. The van der Waals surface area contributed by atoms with Crippen molar-refractivity contribution in [1.82, 2.24) is 19.9 Å². The number of benzene rings is 1. The fourth-order valence-corrected chi connectivity index (χ4v) is 3.29. The van der Waals surface area contributed by atoms with Gasteiger partial charge in [0, 0.05) is 26.3 Å². The van der Waals surface area contributed by atoms with Gasteiger partial charge in [-0.05, 0) is 38.4 Å². The van der Waals surface area contributed by atoms with E-state index in [0.717, 1.165) is 25.1 Å². The summed E-state index contributed by atoms with van der Waals surface area (Å²) >= 11 is 0. The topological polar surface area (TPSA) is 100 Å². The minimum atomic E-state index is -0.0612. The number of nitrogens with zero attached hydrogens (tertiary/aromatic N) is 5. The number of aromatic nitrogens is 3. The lowest BCUT2D eigenvalue weighted by Gasteiger charge is -2.35. The van der Waals surface area contributed by atoms with Gasteiger partial charge in [-0.2, -0.15) is 15.0 Å². The van der Waals surface area contributed by atoms with Gasteiger partial charge < -0.3 is 16.0 Å². The number of likely N-dealkylation sites (tertiary alicyclic amines) is 1. The first kappa shape index (κ1) is 19.0. The summed E-state index contributed by atoms with van der Waals surface area (Å²) in [6.07, 6.45) is 1.84. The monoisotopic (exact) mass is 369 g/mol. The second kappa shape index (κ2) is 8.30. The summed E-state index contributed by atoms with van der Waals surface area (Å²) < 4.78 is 0. The number of rotatable bonds is 5. The molecule has 27 heavy (non-hydrogen) atoms. The predicted octanol–water partition coefficient (Wildman–Crippen LogP) is 1.93. The molecule has 0 saturated carbocycles. The molecule has 1 aromatic carbocycles. The van der Waals surface area contributed by atoms with Crippen LogP contribution in [0.1, 0.15) is 31.6 Å². The molecule has 0 unspecified atom stereocenters. The number of nitrogen functional groups attached to an aromatic ring is 1. The average Bonchev–Trinajstić information content (AvgIpc) is 2.67. The standard InChI is InChI=1S/C19H27N7O/c1-13(16-22-18(20)24-19(23-16)25(2)3)26-11-7-8-14(12-26)17(27)21-15-9-5-4-6-10-15/h4-6,9-10,13-14H,7-8,11-12H2,1-3H3,(H,21,27)(H2,20,22,23,24)/t13-,14+/m1/s1. The fraction of sp³-hybridized carbons (Fsp3) is 0.474. The molecule has 1 aliphatic heterocycles. The number of hydrogen-bond acceptors (Lipinski definition) is 7. The Balaban J connectivity index is 1.69. The molecule has 2 heterocycles. The lowest BCUT2D eigenvalue weighted by molar-refractivity contribution is -0.121. The van der Waals surface area contributed by atoms with E-state index < -0.39 is 0 Å². The molecule has 1 aromatic heterocycles. The summed E-state index contributed by atoms with van der Waals surface area (Å²) in [7, 11) is 3.74. The zero-order chi connectivity index (χ0) is 19.4. The molecule has 8 heteroatoms. The van der Waals surface area contributed by atoms with Crippen molar-refractivity contribution in [3.63, 3.8) is 0 Å². The third-order valence-corrected chi connectivity index (χ3v) is 4.84. The molecule has 0 radical (unpaired) electrons. The number of nitrogens with two attached hydrogens (primary N) is 1. The zero-order valence-electron chi connectivity index (χ0n) is 16.1. The van der Waals surface area contributed by atoms with Crippen LogP contribution in [0.4, 0.5) is 17.6 Å². The van der Waals surface area contributed by atoms with E-state index in [0.29, 0.717) is 18.3 Å². The number of para-hydroxylation sites is 1. The summed E-state index contributed by atoms with van der Waals surface area (Å²) in [5, 5.41) is 3.01. The largest absolute Gasteiger partial charge is 0.368 e. The van der Waals surface area contributed by atoms with Crippen LogP contribution in [0.5, 0.6) is 0 Å². The van der Waals surface area contributed by atoms with Crippen LogP contribution in [0, 0.1) is 5.92 Å². The van der Waals surface area contributed by atoms with Gasteiger partial charge >= 0.3 is 0 Å². The first-order valence-electron chi connectivity index (χ1n) is 9.23. The summed E-state index contributed by atoms with van der Waals surface area (Å²) in [6, 6.07) is 9.52. The van der Waals surface area contributed by atoms with E-state index >= 15 is 0 Å². The van der Waals surface area contributed by atoms with E-state index in [1.807, 2.05) is 51.4 Å². The lowest BCUT2D eigenvalue weighted by atomic mass is 9.95. The molecule has 1 saturated heterocycles. The molecule has 1 aliphatic rings. The Morgan fingerprint density at radius 1 is 1.26 bits per heavy atom. The van der Waals surface area contributed by atoms with Gasteiger partial charge in [-0.25, -0.2) is 0 Å². The summed E-state index contributed by atoms with van der Waals surface area (Å²) in [5.74, 6) is 1.39. The van der Waals surface area contributed by atoms with Gasteiger partial charge in [0.2, 0.25) is 17.8 Å². The Morgan fingerprint density at radius 3 is 2.70 bits per heavy atom. The van der Waals surface area contributed by atoms with Crippen LogP contribution in [0.25, 0.3) is 0 Å². The van der Waals surface area contributed by atoms with Gasteiger partial charge in [0.25, 0.3) is 0 Å². The van der Waals surface area contributed by atoms with Crippen LogP contribution in [-0.4, -0.2) is 52.9 Å². The van der Waals surface area contributed by atoms with Gasteiger partial charge in [-0.1, -0.05) is 18.2 Å². The molecule has 2 aromatic rings. The van der Waals surface area contributed by atoms with Crippen molar-refractivity contribution in [3.8, 4) is 0 Å². The third-order valence-electron chi connectivity index (χ3n) is 4.84. The van der Waals surface area contributed by atoms with Crippen LogP contribution in [0.15, 0.2) is 30.3 Å². The second-order valence-electron chi connectivity index (χ2n) is 7.11. The second-order valence-corrected chi connectivity index (χ2v) is 7.11. The van der Waals surface area contributed by atoms with Crippen LogP contribution < -0.4 is 16.0 Å². The Bertz CT molecular complexity index is 781. The van der Waals surface area contributed by atoms with Crippen molar-refractivity contribution in [1.29, 1.82) is 0 Å². The van der Waals surface area contributed by atoms with Crippen LogP contribution >= 0.6 is 0 Å². The number of carbonyl (C=O) groups excluding carboxylic acids is 1. The van der Waals surface area contributed by atoms with Crippen molar-refractivity contribution in [2.24, 2.45) is 5.92 Å². The van der Waals surface area contributed by atoms with Crippen LogP contribution in [0.2, 0.25) is 0 Å². The highest BCUT2D eigenvalue weighted by molar-refractivity contribution is 5.92. The minimum absolute atomic E-state index is 0.0404. The van der Waals surface area contributed by atoms with Gasteiger partial charge in [0.1, 0.15) is 0 Å². The molecule has 144 valence electrons. The van der Waals surface area contributed by atoms with Crippen LogP contribution in [0.3, 0.4) is 0 Å². The Labute approximate surface area is 159 Å². The molecule has 0 bridgehead atoms. The van der Waals surface area contributed by atoms with Crippen molar-refractivity contribution in [2.45, 2.75) is 25.8 Å².